The van der Waals surface area contributed by atoms with Crippen LogP contribution in [0.15, 0.2) is 11.6 Å². The number of fused-ring (bicyclic) bond motifs is 7. The summed E-state index contributed by atoms with van der Waals surface area (Å²) in [5.74, 6) is 0.227. The quantitative estimate of drug-likeness (QED) is 0.178. The van der Waals surface area contributed by atoms with Crippen molar-refractivity contribution in [1.82, 2.24) is 0 Å². The fraction of sp³-hybridized carbons (Fsp3) is 0.925. The van der Waals surface area contributed by atoms with Gasteiger partial charge in [-0.2, -0.15) is 0 Å². The SMILES string of the molecule is CC1(C)CC[C@]2(C(=O)O)CC[C@@]3(C)C(=CC[C@@H]4[C@]5(C)CC[C@@H](O[C@H]6OC[C@H](O)[C@H](O)[C@H]6O[C@H]6OC[C@H](O)[C@H](O)[C@H]6O)C(C)(C)[C@H]5CC[C@@]43C)[C@H]2C1. The third-order valence-corrected chi connectivity index (χ3v) is 16.5. The molecule has 7 aliphatic rings. The zero-order valence-corrected chi connectivity index (χ0v) is 31.7. The largest absolute Gasteiger partial charge is 0.481 e. The molecule has 11 nitrogen and oxygen atoms in total. The first-order valence-electron chi connectivity index (χ1n) is 19.6. The number of aliphatic hydroxyl groups excluding tert-OH is 5. The van der Waals surface area contributed by atoms with E-state index in [-0.39, 0.29) is 52.3 Å². The molecule has 0 unspecified atom stereocenters. The molecule has 0 aromatic rings. The molecule has 16 atom stereocenters. The normalized spacial score (nSPS) is 53.5. The van der Waals surface area contributed by atoms with Gasteiger partial charge in [-0.3, -0.25) is 4.79 Å². The topological polar surface area (TPSA) is 175 Å². The Hall–Kier alpha value is -1.15. The molecule has 6 N–H and O–H groups in total. The molecule has 4 saturated carbocycles. The van der Waals surface area contributed by atoms with Crippen LogP contribution >= 0.6 is 0 Å². The molecule has 6 fully saturated rings. The average molecular weight is 721 g/mol. The lowest BCUT2D eigenvalue weighted by atomic mass is 9.33. The van der Waals surface area contributed by atoms with Crippen LogP contribution in [0, 0.1) is 50.2 Å². The molecule has 2 heterocycles. The summed E-state index contributed by atoms with van der Waals surface area (Å²) in [7, 11) is 0. The molecule has 5 aliphatic carbocycles. The number of allylic oxidation sites excluding steroid dienone is 2. The number of carboxylic acids is 1. The van der Waals surface area contributed by atoms with Gasteiger partial charge in [0, 0.05) is 0 Å². The molecule has 51 heavy (non-hydrogen) atoms. The second-order valence-electron chi connectivity index (χ2n) is 19.8. The van der Waals surface area contributed by atoms with E-state index in [1.807, 2.05) is 0 Å². The van der Waals surface area contributed by atoms with E-state index < -0.39 is 60.6 Å². The lowest BCUT2D eigenvalue weighted by Gasteiger charge is -2.71. The van der Waals surface area contributed by atoms with Crippen LogP contribution < -0.4 is 0 Å². The van der Waals surface area contributed by atoms with Gasteiger partial charge in [0.25, 0.3) is 0 Å². The summed E-state index contributed by atoms with van der Waals surface area (Å²) >= 11 is 0. The van der Waals surface area contributed by atoms with E-state index in [4.69, 9.17) is 18.9 Å². The highest BCUT2D eigenvalue weighted by Crippen LogP contribution is 2.76. The maximum Gasteiger partial charge on any atom is 0.310 e. The molecule has 11 heteroatoms. The predicted molar refractivity (Wildman–Crippen MR) is 186 cm³/mol. The molecule has 2 saturated heterocycles. The van der Waals surface area contributed by atoms with E-state index in [0.717, 1.165) is 64.2 Å². The summed E-state index contributed by atoms with van der Waals surface area (Å²) in [5.41, 5.74) is 0.597. The third kappa shape index (κ3) is 5.64. The minimum absolute atomic E-state index is 0.0185. The Bertz CT molecular complexity index is 1380. The first-order chi connectivity index (χ1) is 23.7. The molecular formula is C40H64O11. The standard InChI is InChI=1S/C40H64O11/c1-35(2)14-16-40(34(46)47)17-15-38(6)21(22(40)18-35)8-9-26-37(5)12-11-27(36(3,4)25(37)10-13-39(26,38)7)50-33-31(29(44)24(42)20-49-33)51-32-30(45)28(43)23(41)19-48-32/h8,22-33,41-45H,9-20H2,1-7H3,(H,46,47)/t22-,23+,24+,25-,26-,27-,28+,29+,30-,31-,32-,33-,37-,38+,39+,40+/m1/s1. The highest BCUT2D eigenvalue weighted by Gasteiger charge is 2.69. The van der Waals surface area contributed by atoms with Gasteiger partial charge >= 0.3 is 5.97 Å². The van der Waals surface area contributed by atoms with Gasteiger partial charge in [-0.25, -0.2) is 0 Å². The molecule has 0 aromatic carbocycles. The van der Waals surface area contributed by atoms with Crippen molar-refractivity contribution < 1.29 is 54.4 Å². The molecule has 0 radical (unpaired) electrons. The fourth-order valence-electron chi connectivity index (χ4n) is 13.1. The molecule has 290 valence electrons. The summed E-state index contributed by atoms with van der Waals surface area (Å²) in [6, 6.07) is 0. The van der Waals surface area contributed by atoms with Crippen LogP contribution in [-0.4, -0.2) is 105 Å². The minimum atomic E-state index is -1.56. The lowest BCUT2D eigenvalue weighted by Crippen LogP contribution is -2.66. The zero-order chi connectivity index (χ0) is 37.1. The van der Waals surface area contributed by atoms with Crippen molar-refractivity contribution >= 4 is 5.97 Å². The molecule has 0 bridgehead atoms. The van der Waals surface area contributed by atoms with Gasteiger partial charge < -0.3 is 49.6 Å². The number of aliphatic hydroxyl groups is 5. The molecule has 2 aliphatic heterocycles. The van der Waals surface area contributed by atoms with Crippen LogP contribution in [0.3, 0.4) is 0 Å². The van der Waals surface area contributed by atoms with E-state index in [9.17, 15) is 35.4 Å². The summed E-state index contributed by atoms with van der Waals surface area (Å²) in [5, 5.41) is 62.9. The van der Waals surface area contributed by atoms with Crippen LogP contribution in [-0.2, 0) is 23.7 Å². The average Bonchev–Trinajstić information content (AvgIpc) is 3.05. The van der Waals surface area contributed by atoms with Crippen molar-refractivity contribution in [3.05, 3.63) is 11.6 Å². The van der Waals surface area contributed by atoms with E-state index in [1.165, 1.54) is 5.57 Å². The van der Waals surface area contributed by atoms with E-state index in [1.54, 1.807) is 0 Å². The number of carboxylic acid groups (broad SMARTS) is 1. The van der Waals surface area contributed by atoms with Gasteiger partial charge in [0.1, 0.15) is 36.6 Å². The zero-order valence-electron chi connectivity index (χ0n) is 31.7. The molecule has 0 spiro atoms. The van der Waals surface area contributed by atoms with Gasteiger partial charge in [-0.05, 0) is 109 Å². The number of hydrogen-bond donors (Lipinski definition) is 6. The van der Waals surface area contributed by atoms with E-state index in [2.05, 4.69) is 54.5 Å². The van der Waals surface area contributed by atoms with Crippen LogP contribution in [0.1, 0.15) is 113 Å². The highest BCUT2D eigenvalue weighted by molar-refractivity contribution is 5.76. The molecular weight excluding hydrogens is 656 g/mol. The summed E-state index contributed by atoms with van der Waals surface area (Å²) < 4.78 is 24.1. The second kappa shape index (κ2) is 12.7. The Morgan fingerprint density at radius 1 is 0.745 bits per heavy atom. The van der Waals surface area contributed by atoms with Gasteiger partial charge in [-0.1, -0.05) is 60.1 Å². The number of carbonyl (C=O) groups is 1. The van der Waals surface area contributed by atoms with Gasteiger partial charge in [-0.15, -0.1) is 0 Å². The van der Waals surface area contributed by atoms with Crippen molar-refractivity contribution in [2.75, 3.05) is 13.2 Å². The van der Waals surface area contributed by atoms with Crippen LogP contribution in [0.4, 0.5) is 0 Å². The summed E-state index contributed by atoms with van der Waals surface area (Å²) in [6.07, 6.45) is 0.735. The van der Waals surface area contributed by atoms with E-state index >= 15 is 0 Å². The van der Waals surface area contributed by atoms with Crippen molar-refractivity contribution in [3.8, 4) is 0 Å². The van der Waals surface area contributed by atoms with Crippen molar-refractivity contribution in [3.63, 3.8) is 0 Å². The Kier molecular flexibility index (Phi) is 9.50. The first-order valence-corrected chi connectivity index (χ1v) is 19.6. The Morgan fingerprint density at radius 2 is 1.39 bits per heavy atom. The maximum absolute atomic E-state index is 13.0. The van der Waals surface area contributed by atoms with Crippen LogP contribution in [0.2, 0.25) is 0 Å². The van der Waals surface area contributed by atoms with Crippen LogP contribution in [0.25, 0.3) is 0 Å². The lowest BCUT2D eigenvalue weighted by molar-refractivity contribution is -0.357. The molecule has 0 aromatic heterocycles. The van der Waals surface area contributed by atoms with E-state index in [0.29, 0.717) is 11.8 Å². The monoisotopic (exact) mass is 720 g/mol. The summed E-state index contributed by atoms with van der Waals surface area (Å²) in [4.78, 5) is 13.0. The minimum Gasteiger partial charge on any atom is -0.481 e. The Balaban J connectivity index is 1.13. The number of ether oxygens (including phenoxy) is 4. The van der Waals surface area contributed by atoms with Gasteiger partial charge in [0.15, 0.2) is 12.6 Å². The molecule has 7 rings (SSSR count). The Labute approximate surface area is 303 Å². The smallest absolute Gasteiger partial charge is 0.310 e. The number of aliphatic carboxylic acids is 1. The first kappa shape index (κ1) is 38.1. The Morgan fingerprint density at radius 3 is 2.08 bits per heavy atom. The molecule has 0 amide bonds. The fourth-order valence-corrected chi connectivity index (χ4v) is 13.1. The van der Waals surface area contributed by atoms with Crippen molar-refractivity contribution in [2.24, 2.45) is 50.2 Å². The highest BCUT2D eigenvalue weighted by atomic mass is 16.7. The predicted octanol–water partition coefficient (Wildman–Crippen LogP) is 4.16. The number of hydrogen-bond acceptors (Lipinski definition) is 10. The number of rotatable bonds is 5. The second-order valence-corrected chi connectivity index (χ2v) is 19.8. The van der Waals surface area contributed by atoms with Crippen molar-refractivity contribution in [2.45, 2.75) is 168 Å². The van der Waals surface area contributed by atoms with Crippen LogP contribution in [0.5, 0.6) is 0 Å². The summed E-state index contributed by atoms with van der Waals surface area (Å²) in [6.45, 7) is 16.2. The maximum atomic E-state index is 13.0. The third-order valence-electron chi connectivity index (χ3n) is 16.5. The van der Waals surface area contributed by atoms with Crippen molar-refractivity contribution in [1.29, 1.82) is 0 Å². The van der Waals surface area contributed by atoms with Gasteiger partial charge in [0.2, 0.25) is 0 Å². The van der Waals surface area contributed by atoms with Gasteiger partial charge in [0.05, 0.1) is 24.7 Å².